The number of benzene rings is 1. The van der Waals surface area contributed by atoms with Gasteiger partial charge in [0.1, 0.15) is 5.82 Å². The molecule has 2 rings (SSSR count). The molecule has 0 atom stereocenters. The summed E-state index contributed by atoms with van der Waals surface area (Å²) in [5.41, 5.74) is 1.51. The molecule has 1 heterocycles. The van der Waals surface area contributed by atoms with Crippen LogP contribution in [0.2, 0.25) is 10.0 Å². The molecule has 0 spiro atoms. The summed E-state index contributed by atoms with van der Waals surface area (Å²) < 4.78 is 0. The zero-order valence-corrected chi connectivity index (χ0v) is 15.9. The lowest BCUT2D eigenvalue weighted by Crippen LogP contribution is -2.35. The van der Waals surface area contributed by atoms with Crippen LogP contribution in [-0.2, 0) is 4.79 Å². The fourth-order valence-electron chi connectivity index (χ4n) is 2.50. The number of imidazole rings is 1. The molecule has 2 aromatic rings. The van der Waals surface area contributed by atoms with Crippen molar-refractivity contribution >= 4 is 46.2 Å². The molecule has 0 aliphatic carbocycles. The van der Waals surface area contributed by atoms with Crippen LogP contribution in [0.3, 0.4) is 0 Å². The summed E-state index contributed by atoms with van der Waals surface area (Å²) in [5, 5.41) is 0.932. The van der Waals surface area contributed by atoms with Gasteiger partial charge in [-0.25, -0.2) is 4.98 Å². The van der Waals surface area contributed by atoms with E-state index in [0.717, 1.165) is 24.1 Å². The normalized spacial score (nSPS) is 12.0. The molecule has 0 radical (unpaired) electrons. The second-order valence-electron chi connectivity index (χ2n) is 6.77. The minimum Gasteiger partial charge on any atom is -0.339 e. The average Bonchev–Trinajstić information content (AvgIpc) is 2.85. The molecule has 0 saturated heterocycles. The molecule has 0 unspecified atom stereocenters. The minimum atomic E-state index is -0.00563. The van der Waals surface area contributed by atoms with Crippen molar-refractivity contribution in [3.05, 3.63) is 34.1 Å². The number of H-pyrrole nitrogens is 1. The number of hydrogen-bond donors (Lipinski definition) is 1. The van der Waals surface area contributed by atoms with Crippen LogP contribution in [0.4, 0.5) is 0 Å². The third kappa shape index (κ3) is 4.99. The van der Waals surface area contributed by atoms with Crippen LogP contribution in [0.1, 0.15) is 33.5 Å². The number of halogens is 2. The molecule has 0 aliphatic rings. The number of carbonyl (C=O) groups excluding carboxylic acids is 1. The van der Waals surface area contributed by atoms with E-state index in [1.165, 1.54) is 0 Å². The van der Waals surface area contributed by atoms with E-state index < -0.39 is 0 Å². The number of hydrogen-bond acceptors (Lipinski definition) is 2. The molecule has 1 N–H and O–H groups in total. The summed E-state index contributed by atoms with van der Waals surface area (Å²) in [6.45, 7) is 9.92. The summed E-state index contributed by atoms with van der Waals surface area (Å²) >= 11 is 12.0. The number of nitrogens with one attached hydrogen (secondary N) is 1. The van der Waals surface area contributed by atoms with Gasteiger partial charge in [0.15, 0.2) is 0 Å². The van der Waals surface area contributed by atoms with Crippen molar-refractivity contribution in [3.8, 4) is 0 Å². The van der Waals surface area contributed by atoms with Crippen LogP contribution in [-0.4, -0.2) is 33.9 Å². The third-order valence-corrected chi connectivity index (χ3v) is 4.13. The van der Waals surface area contributed by atoms with E-state index in [1.807, 2.05) is 4.90 Å². The van der Waals surface area contributed by atoms with Crippen molar-refractivity contribution in [3.63, 3.8) is 0 Å². The van der Waals surface area contributed by atoms with Gasteiger partial charge in [0.25, 0.3) is 0 Å². The van der Waals surface area contributed by atoms with Gasteiger partial charge in [-0.2, -0.15) is 0 Å². The highest BCUT2D eigenvalue weighted by Crippen LogP contribution is 2.26. The topological polar surface area (TPSA) is 49.0 Å². The maximum atomic E-state index is 12.5. The van der Waals surface area contributed by atoms with Crippen molar-refractivity contribution in [2.24, 2.45) is 11.8 Å². The van der Waals surface area contributed by atoms with Gasteiger partial charge in [0, 0.05) is 19.2 Å². The molecule has 6 heteroatoms. The maximum absolute atomic E-state index is 12.5. The lowest BCUT2D eigenvalue weighted by atomic mass is 10.1. The van der Waals surface area contributed by atoms with E-state index in [2.05, 4.69) is 37.7 Å². The van der Waals surface area contributed by atoms with Gasteiger partial charge in [0.2, 0.25) is 5.91 Å². The number of aromatic nitrogens is 2. The largest absolute Gasteiger partial charge is 0.339 e. The van der Waals surface area contributed by atoms with E-state index in [9.17, 15) is 4.79 Å². The quantitative estimate of drug-likeness (QED) is 0.728. The molecule has 4 nitrogen and oxygen atoms in total. The van der Waals surface area contributed by atoms with Crippen molar-refractivity contribution in [1.29, 1.82) is 0 Å². The van der Waals surface area contributed by atoms with Gasteiger partial charge in [-0.15, -0.1) is 0 Å². The van der Waals surface area contributed by atoms with Crippen LogP contribution >= 0.6 is 23.2 Å². The molecular formula is C18H23Cl2N3O. The molecule has 1 aromatic carbocycles. The zero-order valence-electron chi connectivity index (χ0n) is 14.4. The Hall–Kier alpha value is -1.52. The Morgan fingerprint density at radius 2 is 1.75 bits per heavy atom. The second kappa shape index (κ2) is 8.04. The molecule has 1 aromatic heterocycles. The first-order valence-corrected chi connectivity index (χ1v) is 8.83. The van der Waals surface area contributed by atoms with Crippen LogP contribution in [0.5, 0.6) is 0 Å². The fraction of sp³-hybridized carbons (Fsp3) is 0.444. The molecular weight excluding hydrogens is 345 g/mol. The summed E-state index contributed by atoms with van der Waals surface area (Å²) in [7, 11) is 0. The zero-order chi connectivity index (χ0) is 17.9. The van der Waals surface area contributed by atoms with Gasteiger partial charge < -0.3 is 9.88 Å². The predicted octanol–water partition coefficient (Wildman–Crippen LogP) is 5.02. The van der Waals surface area contributed by atoms with E-state index in [1.54, 1.807) is 24.3 Å². The molecule has 130 valence electrons. The number of carbonyl (C=O) groups is 1. The van der Waals surface area contributed by atoms with Gasteiger partial charge in [-0.05, 0) is 30.0 Å². The molecule has 1 amide bonds. The number of aromatic amines is 1. The lowest BCUT2D eigenvalue weighted by molar-refractivity contribution is -0.127. The first-order valence-electron chi connectivity index (χ1n) is 8.08. The van der Waals surface area contributed by atoms with Gasteiger partial charge >= 0.3 is 0 Å². The number of nitrogens with zero attached hydrogens (tertiary/aromatic N) is 2. The van der Waals surface area contributed by atoms with Gasteiger partial charge in [-0.1, -0.05) is 50.9 Å². The molecule has 24 heavy (non-hydrogen) atoms. The summed E-state index contributed by atoms with van der Waals surface area (Å²) in [4.78, 5) is 21.9. The highest BCUT2D eigenvalue weighted by Gasteiger charge is 2.14. The maximum Gasteiger partial charge on any atom is 0.246 e. The van der Waals surface area contributed by atoms with Crippen LogP contribution < -0.4 is 0 Å². The monoisotopic (exact) mass is 367 g/mol. The average molecular weight is 368 g/mol. The van der Waals surface area contributed by atoms with Crippen molar-refractivity contribution in [2.45, 2.75) is 27.7 Å². The Kier molecular flexibility index (Phi) is 6.30. The summed E-state index contributed by atoms with van der Waals surface area (Å²) in [6.07, 6.45) is 3.25. The highest BCUT2D eigenvalue weighted by atomic mass is 35.5. The van der Waals surface area contributed by atoms with Crippen LogP contribution in [0, 0.1) is 11.8 Å². The Morgan fingerprint density at radius 1 is 1.17 bits per heavy atom. The van der Waals surface area contributed by atoms with Crippen molar-refractivity contribution < 1.29 is 4.79 Å². The Labute approximate surface area is 152 Å². The van der Waals surface area contributed by atoms with Gasteiger partial charge in [-0.3, -0.25) is 4.79 Å². The standard InChI is InChI=1S/C18H23Cl2N3O/c1-11(2)9-23(10-12(3)4)18(24)6-5-17-21-15-7-13(19)14(20)8-16(15)22-17/h5-8,11-12H,9-10H2,1-4H3,(H,21,22). The van der Waals surface area contributed by atoms with E-state index in [4.69, 9.17) is 23.2 Å². The van der Waals surface area contributed by atoms with Crippen molar-refractivity contribution in [1.82, 2.24) is 14.9 Å². The second-order valence-corrected chi connectivity index (χ2v) is 7.58. The van der Waals surface area contributed by atoms with Crippen LogP contribution in [0.25, 0.3) is 17.1 Å². The molecule has 0 aliphatic heterocycles. The first-order chi connectivity index (χ1) is 11.3. The first kappa shape index (κ1) is 18.8. The van der Waals surface area contributed by atoms with E-state index >= 15 is 0 Å². The predicted molar refractivity (Wildman–Crippen MR) is 101 cm³/mol. The summed E-state index contributed by atoms with van der Waals surface area (Å²) in [6, 6.07) is 3.44. The Morgan fingerprint density at radius 3 is 2.33 bits per heavy atom. The highest BCUT2D eigenvalue weighted by molar-refractivity contribution is 6.42. The number of amides is 1. The Bertz CT molecular complexity index is 701. The number of fused-ring (bicyclic) bond motifs is 1. The molecule has 0 saturated carbocycles. The minimum absolute atomic E-state index is 0.00563. The molecule has 0 bridgehead atoms. The SMILES string of the molecule is CC(C)CN(CC(C)C)C(=O)C=Cc1nc2cc(Cl)c(Cl)cc2[nH]1. The lowest BCUT2D eigenvalue weighted by Gasteiger charge is -2.25. The van der Waals surface area contributed by atoms with Gasteiger partial charge in [0.05, 0.1) is 21.1 Å². The number of rotatable bonds is 6. The fourth-order valence-corrected chi connectivity index (χ4v) is 2.82. The molecule has 0 fully saturated rings. The smallest absolute Gasteiger partial charge is 0.246 e. The Balaban J connectivity index is 2.17. The van der Waals surface area contributed by atoms with E-state index in [0.29, 0.717) is 27.7 Å². The van der Waals surface area contributed by atoms with E-state index in [-0.39, 0.29) is 5.91 Å². The van der Waals surface area contributed by atoms with Crippen molar-refractivity contribution in [2.75, 3.05) is 13.1 Å². The summed E-state index contributed by atoms with van der Waals surface area (Å²) in [5.74, 6) is 1.45. The van der Waals surface area contributed by atoms with Crippen LogP contribution in [0.15, 0.2) is 18.2 Å². The third-order valence-electron chi connectivity index (χ3n) is 3.41.